The molecule has 1 atom stereocenters. The smallest absolute Gasteiger partial charge is 0.139 e. The van der Waals surface area contributed by atoms with Crippen LogP contribution in [0.15, 0.2) is 42.5 Å². The molecule has 2 rings (SSSR count). The molecule has 0 amide bonds. The molecule has 0 saturated heterocycles. The Morgan fingerprint density at radius 2 is 1.79 bits per heavy atom. The molecule has 3 nitrogen and oxygen atoms in total. The highest BCUT2D eigenvalue weighted by molar-refractivity contribution is 6.35. The number of aromatic hydroxyl groups is 1. The summed E-state index contributed by atoms with van der Waals surface area (Å²) in [6, 6.07) is 12.7. The lowest BCUT2D eigenvalue weighted by atomic mass is 10.1. The van der Waals surface area contributed by atoms with E-state index < -0.39 is 0 Å². The van der Waals surface area contributed by atoms with Gasteiger partial charge in [0.25, 0.3) is 0 Å². The van der Waals surface area contributed by atoms with Gasteiger partial charge in [0.1, 0.15) is 5.75 Å². The van der Waals surface area contributed by atoms with Crippen LogP contribution >= 0.6 is 23.2 Å². The lowest BCUT2D eigenvalue weighted by molar-refractivity contribution is 0.458. The van der Waals surface area contributed by atoms with Crippen molar-refractivity contribution < 1.29 is 5.11 Å². The highest BCUT2D eigenvalue weighted by atomic mass is 35.5. The molecule has 0 saturated carbocycles. The van der Waals surface area contributed by atoms with Gasteiger partial charge in [0.15, 0.2) is 0 Å². The molecule has 100 valence electrons. The van der Waals surface area contributed by atoms with E-state index in [4.69, 9.17) is 23.2 Å². The van der Waals surface area contributed by atoms with Crippen molar-refractivity contribution in [3.05, 3.63) is 58.1 Å². The van der Waals surface area contributed by atoms with E-state index in [0.29, 0.717) is 10.6 Å². The van der Waals surface area contributed by atoms with E-state index >= 15 is 0 Å². The van der Waals surface area contributed by atoms with Gasteiger partial charge in [-0.3, -0.25) is 0 Å². The molecule has 0 spiro atoms. The SMILES string of the molecule is CC(NNc1ccccc1)c1cc(Cl)cc(Cl)c1O. The summed E-state index contributed by atoms with van der Waals surface area (Å²) in [5, 5.41) is 10.7. The van der Waals surface area contributed by atoms with Crippen LogP contribution in [0.1, 0.15) is 18.5 Å². The number of hydrogen-bond donors (Lipinski definition) is 3. The van der Waals surface area contributed by atoms with E-state index in [0.717, 1.165) is 5.69 Å². The molecule has 0 aliphatic heterocycles. The summed E-state index contributed by atoms with van der Waals surface area (Å²) >= 11 is 11.8. The minimum atomic E-state index is -0.156. The number of benzene rings is 2. The zero-order valence-corrected chi connectivity index (χ0v) is 11.8. The Kier molecular flexibility index (Phi) is 4.53. The molecule has 2 aromatic carbocycles. The minimum absolute atomic E-state index is 0.0425. The first-order chi connectivity index (χ1) is 9.08. The van der Waals surface area contributed by atoms with Gasteiger partial charge in [0.2, 0.25) is 0 Å². The number of nitrogens with one attached hydrogen (secondary N) is 2. The third-order valence-corrected chi connectivity index (χ3v) is 3.24. The summed E-state index contributed by atoms with van der Waals surface area (Å²) < 4.78 is 0. The Balaban J connectivity index is 2.10. The molecule has 0 aromatic heterocycles. The largest absolute Gasteiger partial charge is 0.506 e. The van der Waals surface area contributed by atoms with E-state index in [-0.39, 0.29) is 16.8 Å². The summed E-state index contributed by atoms with van der Waals surface area (Å²) in [7, 11) is 0. The summed E-state index contributed by atoms with van der Waals surface area (Å²) in [6.07, 6.45) is 0. The molecule has 0 aliphatic rings. The summed E-state index contributed by atoms with van der Waals surface area (Å²) in [4.78, 5) is 0. The van der Waals surface area contributed by atoms with Crippen LogP contribution in [0.3, 0.4) is 0 Å². The van der Waals surface area contributed by atoms with Crippen LogP contribution in [-0.2, 0) is 0 Å². The Morgan fingerprint density at radius 3 is 2.47 bits per heavy atom. The number of halogens is 2. The normalized spacial score (nSPS) is 12.2. The van der Waals surface area contributed by atoms with E-state index in [1.807, 2.05) is 37.3 Å². The first-order valence-electron chi connectivity index (χ1n) is 5.82. The second-order valence-corrected chi connectivity index (χ2v) is 5.03. The Hall–Kier alpha value is -1.42. The number of para-hydroxylation sites is 1. The molecular weight excluding hydrogens is 283 g/mol. The van der Waals surface area contributed by atoms with Crippen LogP contribution in [-0.4, -0.2) is 5.11 Å². The monoisotopic (exact) mass is 296 g/mol. The molecule has 3 N–H and O–H groups in total. The third kappa shape index (κ3) is 3.53. The fourth-order valence-corrected chi connectivity index (χ4v) is 2.22. The van der Waals surface area contributed by atoms with Crippen LogP contribution in [0.25, 0.3) is 0 Å². The Bertz CT molecular complexity index is 561. The van der Waals surface area contributed by atoms with Crippen molar-refractivity contribution in [3.63, 3.8) is 0 Å². The molecule has 0 radical (unpaired) electrons. The maximum atomic E-state index is 9.93. The number of anilines is 1. The molecule has 0 fully saturated rings. The van der Waals surface area contributed by atoms with Crippen LogP contribution in [0, 0.1) is 0 Å². The Morgan fingerprint density at radius 1 is 1.11 bits per heavy atom. The van der Waals surface area contributed by atoms with Gasteiger partial charge in [-0.05, 0) is 31.2 Å². The van der Waals surface area contributed by atoms with Gasteiger partial charge >= 0.3 is 0 Å². The van der Waals surface area contributed by atoms with Crippen molar-refractivity contribution in [1.29, 1.82) is 0 Å². The van der Waals surface area contributed by atoms with Gasteiger partial charge in [0.05, 0.1) is 11.1 Å². The topological polar surface area (TPSA) is 44.3 Å². The average Bonchev–Trinajstić information content (AvgIpc) is 2.41. The molecule has 0 heterocycles. The molecule has 0 bridgehead atoms. The van der Waals surface area contributed by atoms with Crippen LogP contribution < -0.4 is 10.9 Å². The lowest BCUT2D eigenvalue weighted by Crippen LogP contribution is -2.25. The van der Waals surface area contributed by atoms with E-state index in [9.17, 15) is 5.11 Å². The van der Waals surface area contributed by atoms with E-state index in [1.54, 1.807) is 6.07 Å². The zero-order chi connectivity index (χ0) is 13.8. The number of hydrogen-bond acceptors (Lipinski definition) is 3. The second-order valence-electron chi connectivity index (χ2n) is 4.18. The van der Waals surface area contributed by atoms with Crippen molar-refractivity contribution in [2.24, 2.45) is 0 Å². The van der Waals surface area contributed by atoms with Crippen molar-refractivity contribution in [2.75, 3.05) is 5.43 Å². The molecule has 1 unspecified atom stereocenters. The highest BCUT2D eigenvalue weighted by Gasteiger charge is 2.14. The number of hydrazine groups is 1. The molecule has 5 heteroatoms. The summed E-state index contributed by atoms with van der Waals surface area (Å²) in [5.74, 6) is 0.0425. The predicted octanol–water partition coefficient (Wildman–Crippen LogP) is 4.38. The summed E-state index contributed by atoms with van der Waals surface area (Å²) in [6.45, 7) is 1.90. The predicted molar refractivity (Wildman–Crippen MR) is 79.7 cm³/mol. The van der Waals surface area contributed by atoms with Gasteiger partial charge in [-0.15, -0.1) is 0 Å². The molecule has 2 aromatic rings. The minimum Gasteiger partial charge on any atom is -0.506 e. The van der Waals surface area contributed by atoms with Gasteiger partial charge < -0.3 is 10.5 Å². The van der Waals surface area contributed by atoms with Crippen molar-refractivity contribution >= 4 is 28.9 Å². The fourth-order valence-electron chi connectivity index (χ4n) is 1.71. The van der Waals surface area contributed by atoms with Crippen LogP contribution in [0.2, 0.25) is 10.0 Å². The van der Waals surface area contributed by atoms with Gasteiger partial charge in [-0.25, -0.2) is 5.43 Å². The second kappa shape index (κ2) is 6.15. The van der Waals surface area contributed by atoms with Gasteiger partial charge in [-0.1, -0.05) is 41.4 Å². The maximum absolute atomic E-state index is 9.93. The fraction of sp³-hybridized carbons (Fsp3) is 0.143. The third-order valence-electron chi connectivity index (χ3n) is 2.73. The molecule has 0 aliphatic carbocycles. The molecule has 19 heavy (non-hydrogen) atoms. The molecular formula is C14H14Cl2N2O. The van der Waals surface area contributed by atoms with Gasteiger partial charge in [-0.2, -0.15) is 0 Å². The lowest BCUT2D eigenvalue weighted by Gasteiger charge is -2.18. The van der Waals surface area contributed by atoms with E-state index in [1.165, 1.54) is 6.07 Å². The highest BCUT2D eigenvalue weighted by Crippen LogP contribution is 2.34. The number of phenols is 1. The first kappa shape index (κ1) is 14.0. The van der Waals surface area contributed by atoms with Gasteiger partial charge in [0, 0.05) is 16.3 Å². The average molecular weight is 297 g/mol. The van der Waals surface area contributed by atoms with E-state index in [2.05, 4.69) is 10.9 Å². The van der Waals surface area contributed by atoms with Crippen molar-refractivity contribution in [2.45, 2.75) is 13.0 Å². The number of rotatable bonds is 4. The van der Waals surface area contributed by atoms with Crippen molar-refractivity contribution in [1.82, 2.24) is 5.43 Å². The quantitative estimate of drug-likeness (QED) is 0.734. The maximum Gasteiger partial charge on any atom is 0.139 e. The number of phenolic OH excluding ortho intramolecular Hbond substituents is 1. The first-order valence-corrected chi connectivity index (χ1v) is 6.58. The van der Waals surface area contributed by atoms with Crippen molar-refractivity contribution in [3.8, 4) is 5.75 Å². The standard InChI is InChI=1S/C14H14Cl2N2O/c1-9(17-18-11-5-3-2-4-6-11)12-7-10(15)8-13(16)14(12)19/h2-9,17-19H,1H3. The van der Waals surface area contributed by atoms with Crippen LogP contribution in [0.5, 0.6) is 5.75 Å². The van der Waals surface area contributed by atoms with Crippen LogP contribution in [0.4, 0.5) is 5.69 Å². The summed E-state index contributed by atoms with van der Waals surface area (Å²) in [5.41, 5.74) is 7.72. The zero-order valence-electron chi connectivity index (χ0n) is 10.3. The Labute approximate surface area is 122 Å².